The molecule has 0 amide bonds. The molecule has 28 heavy (non-hydrogen) atoms. The molecule has 0 saturated carbocycles. The standard InChI is InChI=1S/C20H18BrN3O4/c1-12(20(26)27-3)28-16-6-4-5-14(9-16)11-22-24-13(2)23-18-8-7-15(21)10-17(18)19(24)25/h4-12H,1-3H3/t12-/m0/s1. The van der Waals surface area contributed by atoms with Crippen molar-refractivity contribution in [3.63, 3.8) is 0 Å². The molecule has 0 spiro atoms. The van der Waals surface area contributed by atoms with Crippen LogP contribution in [0.5, 0.6) is 5.75 Å². The number of carbonyl (C=O) groups is 1. The monoisotopic (exact) mass is 443 g/mol. The van der Waals surface area contributed by atoms with Crippen molar-refractivity contribution in [2.24, 2.45) is 5.10 Å². The summed E-state index contributed by atoms with van der Waals surface area (Å²) in [5, 5.41) is 4.75. The summed E-state index contributed by atoms with van der Waals surface area (Å²) in [6.07, 6.45) is 0.806. The zero-order chi connectivity index (χ0) is 20.3. The average Bonchev–Trinajstić information content (AvgIpc) is 2.68. The van der Waals surface area contributed by atoms with Crippen LogP contribution >= 0.6 is 15.9 Å². The maximum absolute atomic E-state index is 12.8. The van der Waals surface area contributed by atoms with E-state index in [2.05, 4.69) is 30.8 Å². The minimum absolute atomic E-state index is 0.258. The molecule has 0 bridgehead atoms. The largest absolute Gasteiger partial charge is 0.479 e. The van der Waals surface area contributed by atoms with Gasteiger partial charge in [-0.2, -0.15) is 9.78 Å². The second-order valence-corrected chi connectivity index (χ2v) is 6.95. The van der Waals surface area contributed by atoms with Gasteiger partial charge in [-0.3, -0.25) is 4.79 Å². The molecular weight excluding hydrogens is 426 g/mol. The van der Waals surface area contributed by atoms with Crippen LogP contribution in [0.15, 0.2) is 56.8 Å². The van der Waals surface area contributed by atoms with Crippen molar-refractivity contribution in [2.75, 3.05) is 7.11 Å². The molecule has 0 aliphatic rings. The molecule has 8 heteroatoms. The van der Waals surface area contributed by atoms with Crippen LogP contribution in [-0.4, -0.2) is 35.1 Å². The Labute approximate surface area is 169 Å². The van der Waals surface area contributed by atoms with E-state index in [1.165, 1.54) is 18.0 Å². The minimum Gasteiger partial charge on any atom is -0.479 e. The number of ether oxygens (including phenoxy) is 2. The Kier molecular flexibility index (Phi) is 5.89. The van der Waals surface area contributed by atoms with Gasteiger partial charge in [-0.1, -0.05) is 28.1 Å². The number of methoxy groups -OCH3 is 1. The van der Waals surface area contributed by atoms with Gasteiger partial charge in [-0.05, 0) is 49.7 Å². The van der Waals surface area contributed by atoms with Crippen LogP contribution in [0.4, 0.5) is 0 Å². The number of aromatic nitrogens is 2. The van der Waals surface area contributed by atoms with E-state index in [4.69, 9.17) is 4.74 Å². The van der Waals surface area contributed by atoms with Crippen molar-refractivity contribution in [1.29, 1.82) is 0 Å². The lowest BCUT2D eigenvalue weighted by Gasteiger charge is -2.12. The van der Waals surface area contributed by atoms with E-state index in [9.17, 15) is 9.59 Å². The molecule has 1 aromatic heterocycles. The van der Waals surface area contributed by atoms with Crippen LogP contribution in [0, 0.1) is 6.92 Å². The first-order valence-corrected chi connectivity index (χ1v) is 9.26. The zero-order valence-electron chi connectivity index (χ0n) is 15.5. The molecule has 0 saturated heterocycles. The van der Waals surface area contributed by atoms with Crippen molar-refractivity contribution in [1.82, 2.24) is 9.66 Å². The van der Waals surface area contributed by atoms with E-state index in [0.29, 0.717) is 28.0 Å². The van der Waals surface area contributed by atoms with E-state index >= 15 is 0 Å². The number of fused-ring (bicyclic) bond motifs is 1. The number of hydrogen-bond donors (Lipinski definition) is 0. The fourth-order valence-corrected chi connectivity index (χ4v) is 2.97. The number of hydrogen-bond acceptors (Lipinski definition) is 6. The van der Waals surface area contributed by atoms with Gasteiger partial charge in [0.05, 0.1) is 24.2 Å². The lowest BCUT2D eigenvalue weighted by Crippen LogP contribution is -2.24. The number of aryl methyl sites for hydroxylation is 1. The second-order valence-electron chi connectivity index (χ2n) is 6.04. The number of benzene rings is 2. The van der Waals surface area contributed by atoms with Crippen molar-refractivity contribution >= 4 is 39.0 Å². The Hall–Kier alpha value is -3.00. The molecule has 2 aromatic carbocycles. The molecule has 0 aliphatic carbocycles. The van der Waals surface area contributed by atoms with E-state index in [0.717, 1.165) is 4.47 Å². The molecule has 0 unspecified atom stereocenters. The van der Waals surface area contributed by atoms with E-state index in [1.54, 1.807) is 44.2 Å². The Balaban J connectivity index is 1.91. The molecular formula is C20H18BrN3O4. The quantitative estimate of drug-likeness (QED) is 0.446. The summed E-state index contributed by atoms with van der Waals surface area (Å²) in [7, 11) is 1.31. The molecule has 0 N–H and O–H groups in total. The minimum atomic E-state index is -0.731. The van der Waals surface area contributed by atoms with Crippen LogP contribution < -0.4 is 10.3 Å². The van der Waals surface area contributed by atoms with Crippen LogP contribution in [0.2, 0.25) is 0 Å². The first-order valence-electron chi connectivity index (χ1n) is 8.47. The number of nitrogens with zero attached hydrogens (tertiary/aromatic N) is 3. The van der Waals surface area contributed by atoms with Gasteiger partial charge in [0.1, 0.15) is 11.6 Å². The Morgan fingerprint density at radius 3 is 2.82 bits per heavy atom. The molecule has 1 heterocycles. The zero-order valence-corrected chi connectivity index (χ0v) is 17.1. The van der Waals surface area contributed by atoms with Crippen LogP contribution in [-0.2, 0) is 9.53 Å². The predicted molar refractivity (Wildman–Crippen MR) is 110 cm³/mol. The average molecular weight is 444 g/mol. The summed E-state index contributed by atoms with van der Waals surface area (Å²) in [5.74, 6) is 0.504. The number of halogens is 1. The van der Waals surface area contributed by atoms with Crippen molar-refractivity contribution in [3.8, 4) is 5.75 Å². The smallest absolute Gasteiger partial charge is 0.346 e. The van der Waals surface area contributed by atoms with E-state index in [-0.39, 0.29) is 5.56 Å². The van der Waals surface area contributed by atoms with E-state index < -0.39 is 12.1 Å². The Bertz CT molecular complexity index is 1120. The highest BCUT2D eigenvalue weighted by atomic mass is 79.9. The highest BCUT2D eigenvalue weighted by Crippen LogP contribution is 2.16. The van der Waals surface area contributed by atoms with Crippen LogP contribution in [0.25, 0.3) is 10.9 Å². The third-order valence-electron chi connectivity index (χ3n) is 4.00. The maximum Gasteiger partial charge on any atom is 0.346 e. The summed E-state index contributed by atoms with van der Waals surface area (Å²) < 4.78 is 12.3. The number of carbonyl (C=O) groups excluding carboxylic acids is 1. The van der Waals surface area contributed by atoms with Crippen molar-refractivity contribution in [3.05, 3.63) is 68.7 Å². The van der Waals surface area contributed by atoms with Gasteiger partial charge in [0.2, 0.25) is 0 Å². The predicted octanol–water partition coefficient (Wildman–Crippen LogP) is 3.29. The van der Waals surface area contributed by atoms with Gasteiger partial charge in [0, 0.05) is 4.47 Å². The second kappa shape index (κ2) is 8.35. The summed E-state index contributed by atoms with van der Waals surface area (Å²) in [6, 6.07) is 12.4. The van der Waals surface area contributed by atoms with Gasteiger partial charge in [-0.15, -0.1) is 0 Å². The Morgan fingerprint density at radius 1 is 1.29 bits per heavy atom. The fourth-order valence-electron chi connectivity index (χ4n) is 2.61. The molecule has 3 aromatic rings. The number of esters is 1. The molecule has 1 atom stereocenters. The molecule has 3 rings (SSSR count). The molecule has 7 nitrogen and oxygen atoms in total. The van der Waals surface area contributed by atoms with Crippen molar-refractivity contribution < 1.29 is 14.3 Å². The molecule has 0 fully saturated rings. The fraction of sp³-hybridized carbons (Fsp3) is 0.200. The highest BCUT2D eigenvalue weighted by molar-refractivity contribution is 9.10. The van der Waals surface area contributed by atoms with Gasteiger partial charge in [0.15, 0.2) is 6.10 Å². The summed E-state index contributed by atoms with van der Waals surface area (Å²) in [5.41, 5.74) is 1.06. The summed E-state index contributed by atoms with van der Waals surface area (Å²) >= 11 is 3.37. The van der Waals surface area contributed by atoms with Crippen LogP contribution in [0.3, 0.4) is 0 Å². The number of rotatable bonds is 5. The normalized spacial score (nSPS) is 12.3. The van der Waals surface area contributed by atoms with Gasteiger partial charge in [0.25, 0.3) is 5.56 Å². The van der Waals surface area contributed by atoms with Crippen molar-refractivity contribution in [2.45, 2.75) is 20.0 Å². The SMILES string of the molecule is COC(=O)[C@H](C)Oc1cccc(C=Nn2c(C)nc3ccc(Br)cc3c2=O)c1. The lowest BCUT2D eigenvalue weighted by molar-refractivity contribution is -0.147. The van der Waals surface area contributed by atoms with Gasteiger partial charge >= 0.3 is 5.97 Å². The van der Waals surface area contributed by atoms with E-state index in [1.807, 2.05) is 12.1 Å². The topological polar surface area (TPSA) is 82.8 Å². The molecule has 0 radical (unpaired) electrons. The third-order valence-corrected chi connectivity index (χ3v) is 4.49. The lowest BCUT2D eigenvalue weighted by atomic mass is 10.2. The van der Waals surface area contributed by atoms with Crippen LogP contribution in [0.1, 0.15) is 18.3 Å². The van der Waals surface area contributed by atoms with Gasteiger partial charge < -0.3 is 9.47 Å². The third kappa shape index (κ3) is 4.28. The summed E-state index contributed by atoms with van der Waals surface area (Å²) in [4.78, 5) is 28.7. The molecule has 144 valence electrons. The first kappa shape index (κ1) is 19.8. The first-order chi connectivity index (χ1) is 13.4. The van der Waals surface area contributed by atoms with Gasteiger partial charge in [-0.25, -0.2) is 9.78 Å². The maximum atomic E-state index is 12.8. The highest BCUT2D eigenvalue weighted by Gasteiger charge is 2.14. The summed E-state index contributed by atoms with van der Waals surface area (Å²) in [6.45, 7) is 3.33. The Morgan fingerprint density at radius 2 is 2.07 bits per heavy atom. The molecule has 0 aliphatic heterocycles.